The first-order valence-corrected chi connectivity index (χ1v) is 13.5. The molecular weight excluding hydrogens is 484 g/mol. The maximum atomic E-state index is 11.0. The van der Waals surface area contributed by atoms with Gasteiger partial charge in [0.1, 0.15) is 4.90 Å². The zero-order valence-electron chi connectivity index (χ0n) is 20.4. The van der Waals surface area contributed by atoms with E-state index < -0.39 is 10.1 Å². The minimum atomic E-state index is -4.13. The molecule has 0 aliphatic carbocycles. The minimum Gasteiger partial charge on any atom is -0.282 e. The molecule has 0 aliphatic rings. The first-order chi connectivity index (χ1) is 17.2. The van der Waals surface area contributed by atoms with Crippen LogP contribution in [-0.2, 0) is 10.1 Å². The zero-order valence-corrected chi connectivity index (χ0v) is 22.1. The van der Waals surface area contributed by atoms with Crippen molar-refractivity contribution < 1.29 is 13.0 Å². The van der Waals surface area contributed by atoms with Crippen molar-refractivity contribution in [3.63, 3.8) is 0 Å². The average Bonchev–Trinajstić information content (AvgIpc) is 2.88. The van der Waals surface area contributed by atoms with Crippen LogP contribution in [0.5, 0.6) is 0 Å². The third-order valence-corrected chi connectivity index (χ3v) is 7.95. The maximum Gasteiger partial charge on any atom is 0.295 e. The number of rotatable bonds is 3. The monoisotopic (exact) mass is 512 g/mol. The van der Waals surface area contributed by atoms with Crippen LogP contribution in [0.1, 0.15) is 16.7 Å². The minimum absolute atomic E-state index is 0.0457. The molecule has 182 valence electrons. The van der Waals surface area contributed by atoms with Gasteiger partial charge in [-0.3, -0.25) is 4.55 Å². The van der Waals surface area contributed by atoms with E-state index in [1.807, 2.05) is 6.07 Å². The van der Waals surface area contributed by atoms with Gasteiger partial charge in [-0.2, -0.15) is 8.42 Å². The Morgan fingerprint density at radius 3 is 1.53 bits per heavy atom. The lowest BCUT2D eigenvalue weighted by Crippen LogP contribution is -1.98. The van der Waals surface area contributed by atoms with E-state index in [-0.39, 0.29) is 4.90 Å². The Labute approximate surface area is 218 Å². The molecule has 3 nitrogen and oxygen atoms in total. The highest BCUT2D eigenvalue weighted by molar-refractivity contribution is 7.86. The summed E-state index contributed by atoms with van der Waals surface area (Å²) in [6.07, 6.45) is 0. The molecule has 5 heteroatoms. The van der Waals surface area contributed by atoms with Gasteiger partial charge >= 0.3 is 0 Å². The van der Waals surface area contributed by atoms with E-state index in [1.165, 1.54) is 45.0 Å². The van der Waals surface area contributed by atoms with Gasteiger partial charge in [-0.25, -0.2) is 0 Å². The van der Waals surface area contributed by atoms with Crippen molar-refractivity contribution in [1.29, 1.82) is 0 Å². The molecule has 0 spiro atoms. The molecule has 0 unspecified atom stereocenters. The third-order valence-electron chi connectivity index (χ3n) is 6.36. The lowest BCUT2D eigenvalue weighted by atomic mass is 9.86. The second kappa shape index (κ2) is 10.7. The van der Waals surface area contributed by atoms with Crippen LogP contribution in [-0.4, -0.2) is 13.0 Å². The predicted molar refractivity (Wildman–Crippen MR) is 153 cm³/mol. The van der Waals surface area contributed by atoms with Gasteiger partial charge < -0.3 is 0 Å². The predicted octanol–water partition coefficient (Wildman–Crippen LogP) is 8.32. The van der Waals surface area contributed by atoms with Gasteiger partial charge in [0.2, 0.25) is 0 Å². The molecule has 0 saturated heterocycles. The Balaban J connectivity index is 0.000000187. The van der Waals surface area contributed by atoms with E-state index in [4.69, 9.17) is 17.2 Å². The smallest absolute Gasteiger partial charge is 0.282 e. The van der Waals surface area contributed by atoms with Crippen LogP contribution in [0.4, 0.5) is 0 Å². The van der Waals surface area contributed by atoms with Gasteiger partial charge in [-0.05, 0) is 71.2 Å². The van der Waals surface area contributed by atoms with Crippen LogP contribution in [0.25, 0.3) is 33.0 Å². The topological polar surface area (TPSA) is 54.4 Å². The zero-order chi connectivity index (χ0) is 25.9. The number of hydrogen-bond acceptors (Lipinski definition) is 3. The fourth-order valence-corrected chi connectivity index (χ4v) is 5.64. The Bertz CT molecular complexity index is 1550. The quantitative estimate of drug-likeness (QED) is 0.189. The Morgan fingerprint density at radius 2 is 1.03 bits per heavy atom. The molecule has 0 bridgehead atoms. The molecule has 0 fully saturated rings. The van der Waals surface area contributed by atoms with Crippen molar-refractivity contribution >= 4 is 33.5 Å². The highest BCUT2D eigenvalue weighted by Crippen LogP contribution is 2.40. The van der Waals surface area contributed by atoms with Crippen molar-refractivity contribution in [2.24, 2.45) is 0 Å². The first-order valence-electron chi connectivity index (χ1n) is 11.6. The summed E-state index contributed by atoms with van der Waals surface area (Å²) in [7, 11) is -4.13. The fraction of sp³-hybridized carbons (Fsp3) is 0.0968. The highest BCUT2D eigenvalue weighted by atomic mass is 32.2. The van der Waals surface area contributed by atoms with Gasteiger partial charge in [-0.15, -0.1) is 12.6 Å². The van der Waals surface area contributed by atoms with E-state index in [1.54, 1.807) is 30.3 Å². The molecule has 5 aromatic carbocycles. The molecular formula is C31H28O3S2. The Kier molecular flexibility index (Phi) is 7.65. The lowest BCUT2D eigenvalue weighted by Gasteiger charge is -2.20. The van der Waals surface area contributed by atoms with Crippen LogP contribution >= 0.6 is 12.6 Å². The summed E-state index contributed by atoms with van der Waals surface area (Å²) in [5.41, 5.74) is 8.94. The van der Waals surface area contributed by atoms with Crippen molar-refractivity contribution in [1.82, 2.24) is 0 Å². The fourth-order valence-electron chi connectivity index (χ4n) is 4.70. The van der Waals surface area contributed by atoms with Crippen molar-refractivity contribution in [3.05, 3.63) is 120 Å². The highest BCUT2D eigenvalue weighted by Gasteiger charge is 2.17. The second-order valence-electron chi connectivity index (χ2n) is 8.66. The van der Waals surface area contributed by atoms with Gasteiger partial charge in [0, 0.05) is 10.3 Å². The van der Waals surface area contributed by atoms with E-state index >= 15 is 0 Å². The van der Waals surface area contributed by atoms with Crippen LogP contribution in [0.3, 0.4) is 0 Å². The summed E-state index contributed by atoms with van der Waals surface area (Å²) in [6, 6.07) is 33.0. The molecule has 0 aromatic heterocycles. The third kappa shape index (κ3) is 5.24. The first kappa shape index (κ1) is 25.7. The van der Waals surface area contributed by atoms with Gasteiger partial charge in [0.25, 0.3) is 10.1 Å². The average molecular weight is 513 g/mol. The number of hydrogen-bond donors (Lipinski definition) is 2. The number of thiol groups is 1. The van der Waals surface area contributed by atoms with Crippen LogP contribution in [0.2, 0.25) is 0 Å². The SMILES string of the molecule is Cc1c(S)c(C)c(-c2ccccc2)c(C)c1-c1ccccc1.O=S(=O)(O)c1cccc2ccccc12. The van der Waals surface area contributed by atoms with E-state index in [0.29, 0.717) is 5.39 Å². The summed E-state index contributed by atoms with van der Waals surface area (Å²) in [5.74, 6) is 0. The second-order valence-corrected chi connectivity index (χ2v) is 10.5. The molecule has 0 heterocycles. The summed E-state index contributed by atoms with van der Waals surface area (Å²) < 4.78 is 31.0. The summed E-state index contributed by atoms with van der Waals surface area (Å²) in [5, 5.41) is 1.33. The molecule has 1 N–H and O–H groups in total. The molecule has 5 rings (SSSR count). The van der Waals surface area contributed by atoms with Gasteiger partial charge in [0.15, 0.2) is 0 Å². The standard InChI is InChI=1S/C21H20S.C10H8O3S/c1-14-19(17-10-6-4-7-11-17)15(2)21(22)16(3)20(14)18-12-8-5-9-13-18;11-14(12,13)10-7-3-5-8-4-1-2-6-9(8)10/h4-13,22H,1-3H3;1-7H,(H,11,12,13). The largest absolute Gasteiger partial charge is 0.295 e. The molecule has 0 atom stereocenters. The van der Waals surface area contributed by atoms with E-state index in [0.717, 1.165) is 10.3 Å². The van der Waals surface area contributed by atoms with Gasteiger partial charge in [-0.1, -0.05) is 97.1 Å². The van der Waals surface area contributed by atoms with Gasteiger partial charge in [0.05, 0.1) is 0 Å². The van der Waals surface area contributed by atoms with E-state index in [2.05, 4.69) is 81.4 Å². The lowest BCUT2D eigenvalue weighted by molar-refractivity contribution is 0.484. The Hall–Kier alpha value is -3.38. The van der Waals surface area contributed by atoms with Crippen molar-refractivity contribution in [2.75, 3.05) is 0 Å². The Morgan fingerprint density at radius 1 is 0.583 bits per heavy atom. The molecule has 36 heavy (non-hydrogen) atoms. The van der Waals surface area contributed by atoms with Crippen molar-refractivity contribution in [3.8, 4) is 22.3 Å². The number of benzene rings is 5. The van der Waals surface area contributed by atoms with Crippen LogP contribution in [0, 0.1) is 20.8 Å². The van der Waals surface area contributed by atoms with Crippen LogP contribution in [0.15, 0.2) is 113 Å². The van der Waals surface area contributed by atoms with E-state index in [9.17, 15) is 8.42 Å². The molecule has 0 radical (unpaired) electrons. The summed E-state index contributed by atoms with van der Waals surface area (Å²) in [6.45, 7) is 6.55. The normalized spacial score (nSPS) is 11.1. The molecule has 0 saturated carbocycles. The maximum absolute atomic E-state index is 11.0. The summed E-state index contributed by atoms with van der Waals surface area (Å²) in [4.78, 5) is 1.04. The molecule has 5 aromatic rings. The summed E-state index contributed by atoms with van der Waals surface area (Å²) >= 11 is 4.80. The van der Waals surface area contributed by atoms with Crippen LogP contribution < -0.4 is 0 Å². The van der Waals surface area contributed by atoms with Crippen molar-refractivity contribution in [2.45, 2.75) is 30.6 Å². The number of fused-ring (bicyclic) bond motifs is 1. The molecule has 0 amide bonds. The molecule has 0 aliphatic heterocycles.